The first-order valence-corrected chi connectivity index (χ1v) is 7.97. The molecule has 1 atom stereocenters. The number of rotatable bonds is 4. The zero-order valence-electron chi connectivity index (χ0n) is 11.9. The van der Waals surface area contributed by atoms with Gasteiger partial charge in [-0.3, -0.25) is 0 Å². The quantitative estimate of drug-likeness (QED) is 0.830. The van der Waals surface area contributed by atoms with Crippen molar-refractivity contribution in [3.05, 3.63) is 34.7 Å². The monoisotopic (exact) mass is 305 g/mol. The van der Waals surface area contributed by atoms with Crippen LogP contribution >= 0.6 is 23.6 Å². The molecule has 106 valence electrons. The molecule has 0 fully saturated rings. The second-order valence-corrected chi connectivity index (χ2v) is 6.21. The zero-order valence-corrected chi connectivity index (χ0v) is 13.6. The Morgan fingerprint density at radius 2 is 2.25 bits per heavy atom. The van der Waals surface area contributed by atoms with Gasteiger partial charge >= 0.3 is 0 Å². The lowest BCUT2D eigenvalue weighted by Gasteiger charge is -2.15. The molecule has 20 heavy (non-hydrogen) atoms. The van der Waals surface area contributed by atoms with Crippen molar-refractivity contribution in [1.29, 1.82) is 0 Å². The minimum atomic E-state index is 0.374. The number of thiazole rings is 1. The van der Waals surface area contributed by atoms with Crippen molar-refractivity contribution in [2.75, 3.05) is 5.32 Å². The Bertz CT molecular complexity index is 592. The van der Waals surface area contributed by atoms with E-state index in [2.05, 4.69) is 47.0 Å². The smallest absolute Gasteiger partial charge is 0.170 e. The van der Waals surface area contributed by atoms with Crippen LogP contribution in [0.2, 0.25) is 0 Å². The molecule has 1 aromatic heterocycles. The van der Waals surface area contributed by atoms with Crippen LogP contribution in [-0.2, 0) is 0 Å². The molecule has 0 aliphatic carbocycles. The Hall–Kier alpha value is -1.46. The summed E-state index contributed by atoms with van der Waals surface area (Å²) in [6.45, 7) is 6.26. The summed E-state index contributed by atoms with van der Waals surface area (Å²) in [4.78, 5) is 4.51. The minimum absolute atomic E-state index is 0.374. The Labute approximate surface area is 129 Å². The maximum absolute atomic E-state index is 5.31. The first kappa shape index (κ1) is 14.9. The first-order chi connectivity index (χ1) is 9.58. The maximum Gasteiger partial charge on any atom is 0.170 e. The van der Waals surface area contributed by atoms with Crippen LogP contribution in [0.4, 0.5) is 5.69 Å². The summed E-state index contributed by atoms with van der Waals surface area (Å²) in [7, 11) is 0. The molecule has 0 unspecified atom stereocenters. The van der Waals surface area contributed by atoms with E-state index in [0.29, 0.717) is 11.2 Å². The predicted molar refractivity (Wildman–Crippen MR) is 91.4 cm³/mol. The fourth-order valence-electron chi connectivity index (χ4n) is 1.75. The summed E-state index contributed by atoms with van der Waals surface area (Å²) in [6, 6.07) is 8.52. The van der Waals surface area contributed by atoms with Gasteiger partial charge in [-0.1, -0.05) is 19.1 Å². The van der Waals surface area contributed by atoms with Crippen molar-refractivity contribution >= 4 is 34.4 Å². The summed E-state index contributed by atoms with van der Waals surface area (Å²) in [5.41, 5.74) is 3.09. The van der Waals surface area contributed by atoms with Crippen LogP contribution in [0.1, 0.15) is 25.3 Å². The molecule has 5 heteroatoms. The molecule has 0 spiro atoms. The van der Waals surface area contributed by atoms with Crippen molar-refractivity contribution in [2.24, 2.45) is 0 Å². The SMILES string of the molecule is CC[C@H](C)NC(=S)Nc1cccc(-c2csc(C)n2)c1. The molecular weight excluding hydrogens is 286 g/mol. The molecule has 0 aliphatic rings. The molecule has 2 rings (SSSR count). The van der Waals surface area contributed by atoms with Crippen molar-refractivity contribution in [3.8, 4) is 11.3 Å². The van der Waals surface area contributed by atoms with Gasteiger partial charge in [0.15, 0.2) is 5.11 Å². The topological polar surface area (TPSA) is 37.0 Å². The van der Waals surface area contributed by atoms with Crippen LogP contribution in [-0.4, -0.2) is 16.1 Å². The molecule has 2 N–H and O–H groups in total. The molecule has 0 saturated heterocycles. The molecule has 2 aromatic rings. The Balaban J connectivity index is 2.08. The van der Waals surface area contributed by atoms with Gasteiger partial charge in [0.1, 0.15) is 0 Å². The Morgan fingerprint density at radius 1 is 1.45 bits per heavy atom. The standard InChI is InChI=1S/C15H19N3S2/c1-4-10(2)16-15(19)18-13-7-5-6-12(8-13)14-9-20-11(3)17-14/h5-10H,4H2,1-3H3,(H2,16,18,19)/t10-/m0/s1. The highest BCUT2D eigenvalue weighted by atomic mass is 32.1. The van der Waals surface area contributed by atoms with E-state index >= 15 is 0 Å². The van der Waals surface area contributed by atoms with Crippen molar-refractivity contribution in [2.45, 2.75) is 33.2 Å². The number of hydrogen-bond donors (Lipinski definition) is 2. The highest BCUT2D eigenvalue weighted by molar-refractivity contribution is 7.80. The van der Waals surface area contributed by atoms with Crippen LogP contribution in [0.15, 0.2) is 29.6 Å². The third-order valence-electron chi connectivity index (χ3n) is 3.03. The van der Waals surface area contributed by atoms with Crippen LogP contribution in [0.3, 0.4) is 0 Å². The van der Waals surface area contributed by atoms with Gasteiger partial charge in [-0.05, 0) is 44.6 Å². The van der Waals surface area contributed by atoms with Crippen molar-refractivity contribution in [3.63, 3.8) is 0 Å². The summed E-state index contributed by atoms with van der Waals surface area (Å²) < 4.78 is 0. The van der Waals surface area contributed by atoms with E-state index in [1.807, 2.05) is 19.1 Å². The van der Waals surface area contributed by atoms with Gasteiger partial charge in [0.2, 0.25) is 0 Å². The second-order valence-electron chi connectivity index (χ2n) is 4.74. The lowest BCUT2D eigenvalue weighted by Crippen LogP contribution is -2.35. The third-order valence-corrected chi connectivity index (χ3v) is 4.02. The molecule has 0 amide bonds. The molecule has 0 radical (unpaired) electrons. The second kappa shape index (κ2) is 6.81. The van der Waals surface area contributed by atoms with Gasteiger partial charge in [-0.15, -0.1) is 11.3 Å². The van der Waals surface area contributed by atoms with E-state index in [9.17, 15) is 0 Å². The van der Waals surface area contributed by atoms with E-state index in [0.717, 1.165) is 28.4 Å². The first-order valence-electron chi connectivity index (χ1n) is 6.68. The number of thiocarbonyl (C=S) groups is 1. The van der Waals surface area contributed by atoms with E-state index in [-0.39, 0.29) is 0 Å². The summed E-state index contributed by atoms with van der Waals surface area (Å²) in [5.74, 6) is 0. The zero-order chi connectivity index (χ0) is 14.5. The average molecular weight is 305 g/mol. The normalized spacial score (nSPS) is 11.9. The largest absolute Gasteiger partial charge is 0.360 e. The van der Waals surface area contributed by atoms with Gasteiger partial charge in [-0.25, -0.2) is 4.98 Å². The minimum Gasteiger partial charge on any atom is -0.360 e. The Kier molecular flexibility index (Phi) is 5.09. The van der Waals surface area contributed by atoms with Crippen LogP contribution < -0.4 is 10.6 Å². The molecule has 1 aromatic carbocycles. The number of aryl methyl sites for hydroxylation is 1. The van der Waals surface area contributed by atoms with Crippen LogP contribution in [0.25, 0.3) is 11.3 Å². The van der Waals surface area contributed by atoms with Gasteiger partial charge in [-0.2, -0.15) is 0 Å². The van der Waals surface area contributed by atoms with Gasteiger partial charge < -0.3 is 10.6 Å². The number of benzene rings is 1. The van der Waals surface area contributed by atoms with E-state index in [4.69, 9.17) is 12.2 Å². The number of hydrogen-bond acceptors (Lipinski definition) is 3. The van der Waals surface area contributed by atoms with Crippen molar-refractivity contribution in [1.82, 2.24) is 10.3 Å². The number of nitrogens with one attached hydrogen (secondary N) is 2. The summed E-state index contributed by atoms with van der Waals surface area (Å²) in [5, 5.41) is 10.3. The number of anilines is 1. The molecular formula is C15H19N3S2. The van der Waals surface area contributed by atoms with Crippen LogP contribution in [0, 0.1) is 6.92 Å². The Morgan fingerprint density at radius 3 is 2.90 bits per heavy atom. The molecule has 3 nitrogen and oxygen atoms in total. The lowest BCUT2D eigenvalue weighted by atomic mass is 10.1. The van der Waals surface area contributed by atoms with E-state index in [1.165, 1.54) is 0 Å². The molecule has 1 heterocycles. The van der Waals surface area contributed by atoms with Gasteiger partial charge in [0.05, 0.1) is 10.7 Å². The van der Waals surface area contributed by atoms with Gasteiger partial charge in [0, 0.05) is 22.7 Å². The van der Waals surface area contributed by atoms with Gasteiger partial charge in [0.25, 0.3) is 0 Å². The predicted octanol–water partition coefficient (Wildman–Crippen LogP) is 4.20. The van der Waals surface area contributed by atoms with Crippen LogP contribution in [0.5, 0.6) is 0 Å². The summed E-state index contributed by atoms with van der Waals surface area (Å²) >= 11 is 6.97. The molecule has 0 bridgehead atoms. The summed E-state index contributed by atoms with van der Waals surface area (Å²) in [6.07, 6.45) is 1.04. The number of aromatic nitrogens is 1. The highest BCUT2D eigenvalue weighted by Gasteiger charge is 2.05. The average Bonchev–Trinajstić information content (AvgIpc) is 2.85. The lowest BCUT2D eigenvalue weighted by molar-refractivity contribution is 0.646. The van der Waals surface area contributed by atoms with E-state index < -0.39 is 0 Å². The third kappa shape index (κ3) is 4.02. The fraction of sp³-hybridized carbons (Fsp3) is 0.333. The highest BCUT2D eigenvalue weighted by Crippen LogP contribution is 2.24. The van der Waals surface area contributed by atoms with Crippen molar-refractivity contribution < 1.29 is 0 Å². The maximum atomic E-state index is 5.31. The molecule has 0 aliphatic heterocycles. The van der Waals surface area contributed by atoms with E-state index in [1.54, 1.807) is 11.3 Å². The fourth-order valence-corrected chi connectivity index (χ4v) is 2.69. The molecule has 0 saturated carbocycles. The number of nitrogens with zero attached hydrogens (tertiary/aromatic N) is 1.